The second-order valence-corrected chi connectivity index (χ2v) is 5.66. The molecule has 132 valence electrons. The molecule has 24 heavy (non-hydrogen) atoms. The van der Waals surface area contributed by atoms with E-state index in [1.807, 2.05) is 20.8 Å². The molecule has 0 saturated carbocycles. The lowest BCUT2D eigenvalue weighted by atomic mass is 10.3. The molecule has 7 nitrogen and oxygen atoms in total. The molecular formula is C16H24FN4O3+. The van der Waals surface area contributed by atoms with Crippen LogP contribution in [0.25, 0.3) is 0 Å². The van der Waals surface area contributed by atoms with Gasteiger partial charge in [-0.25, -0.2) is 9.18 Å². The highest BCUT2D eigenvalue weighted by atomic mass is 19.1. The van der Waals surface area contributed by atoms with Crippen molar-refractivity contribution in [2.24, 2.45) is 0 Å². The Bertz CT molecular complexity index is 592. The molecule has 0 radical (unpaired) electrons. The Hall–Kier alpha value is -2.48. The van der Waals surface area contributed by atoms with E-state index in [2.05, 4.69) is 16.0 Å². The highest BCUT2D eigenvalue weighted by Gasteiger charge is 2.18. The van der Waals surface area contributed by atoms with Crippen molar-refractivity contribution in [3.8, 4) is 0 Å². The second kappa shape index (κ2) is 9.61. The zero-order valence-electron chi connectivity index (χ0n) is 14.1. The minimum absolute atomic E-state index is 0.0150. The van der Waals surface area contributed by atoms with E-state index in [1.165, 1.54) is 18.2 Å². The van der Waals surface area contributed by atoms with Crippen LogP contribution in [0.3, 0.4) is 0 Å². The number of hydrogen-bond acceptors (Lipinski definition) is 3. The van der Waals surface area contributed by atoms with Crippen LogP contribution in [-0.4, -0.2) is 43.5 Å². The Morgan fingerprint density at radius 2 is 1.75 bits per heavy atom. The van der Waals surface area contributed by atoms with Gasteiger partial charge >= 0.3 is 6.03 Å². The largest absolute Gasteiger partial charge is 0.349 e. The van der Waals surface area contributed by atoms with Crippen LogP contribution >= 0.6 is 0 Å². The van der Waals surface area contributed by atoms with Gasteiger partial charge in [0, 0.05) is 6.04 Å². The molecule has 0 aliphatic heterocycles. The molecule has 1 aromatic carbocycles. The van der Waals surface area contributed by atoms with E-state index in [0.29, 0.717) is 11.4 Å². The molecule has 1 rings (SSSR count). The first kappa shape index (κ1) is 19.6. The lowest BCUT2D eigenvalue weighted by Gasteiger charge is -2.17. The first-order valence-corrected chi connectivity index (χ1v) is 7.80. The molecule has 1 atom stereocenters. The third-order valence-corrected chi connectivity index (χ3v) is 3.15. The summed E-state index contributed by atoms with van der Waals surface area (Å²) in [7, 11) is 0. The van der Waals surface area contributed by atoms with E-state index in [9.17, 15) is 18.8 Å². The van der Waals surface area contributed by atoms with Gasteiger partial charge in [0.15, 0.2) is 13.1 Å². The van der Waals surface area contributed by atoms with Crippen LogP contribution in [-0.2, 0) is 9.59 Å². The van der Waals surface area contributed by atoms with Crippen LogP contribution < -0.4 is 20.9 Å². The van der Waals surface area contributed by atoms with E-state index in [4.69, 9.17) is 0 Å². The third kappa shape index (κ3) is 7.19. The molecule has 0 bridgehead atoms. The van der Waals surface area contributed by atoms with Gasteiger partial charge in [0.05, 0.1) is 12.2 Å². The van der Waals surface area contributed by atoms with Crippen molar-refractivity contribution in [1.29, 1.82) is 0 Å². The summed E-state index contributed by atoms with van der Waals surface area (Å²) < 4.78 is 13.4. The number of urea groups is 1. The Morgan fingerprint density at radius 1 is 1.12 bits per heavy atom. The molecule has 0 aromatic heterocycles. The van der Waals surface area contributed by atoms with Crippen molar-refractivity contribution in [3.05, 3.63) is 30.1 Å². The fraction of sp³-hybridized carbons (Fsp3) is 0.438. The molecule has 1 unspecified atom stereocenters. The number of anilines is 1. The number of benzene rings is 1. The SMILES string of the molecule is CC[NH+](CC(=O)NC(=O)Nc1ccccc1F)CC(=O)NC(C)C. The summed E-state index contributed by atoms with van der Waals surface area (Å²) in [5.74, 6) is -1.30. The number of nitrogens with one attached hydrogen (secondary N) is 4. The summed E-state index contributed by atoms with van der Waals surface area (Å²) in [5, 5.41) is 7.14. The third-order valence-electron chi connectivity index (χ3n) is 3.15. The number of para-hydroxylation sites is 1. The van der Waals surface area contributed by atoms with Crippen LogP contribution in [0.5, 0.6) is 0 Å². The highest BCUT2D eigenvalue weighted by molar-refractivity contribution is 6.01. The van der Waals surface area contributed by atoms with Crippen molar-refractivity contribution in [2.45, 2.75) is 26.8 Å². The standard InChI is InChI=1S/C16H23FN4O3/c1-4-21(9-14(22)18-11(2)3)10-15(23)20-16(24)19-13-8-6-5-7-12(13)17/h5-8,11H,4,9-10H2,1-3H3,(H,18,22)(H2,19,20,23,24)/p+1. The molecule has 0 saturated heterocycles. The van der Waals surface area contributed by atoms with Gasteiger partial charge in [-0.3, -0.25) is 14.9 Å². The molecule has 0 fully saturated rings. The molecule has 0 aliphatic carbocycles. The quantitative estimate of drug-likeness (QED) is 0.559. The van der Waals surface area contributed by atoms with E-state index < -0.39 is 17.8 Å². The number of imide groups is 1. The summed E-state index contributed by atoms with van der Waals surface area (Å²) in [5.41, 5.74) is -0.0150. The monoisotopic (exact) mass is 339 g/mol. The normalized spacial score (nSPS) is 11.7. The number of halogens is 1. The molecule has 0 spiro atoms. The van der Waals surface area contributed by atoms with Gasteiger partial charge in [-0.05, 0) is 32.9 Å². The van der Waals surface area contributed by atoms with Gasteiger partial charge in [-0.1, -0.05) is 12.1 Å². The molecule has 4 N–H and O–H groups in total. The zero-order valence-corrected chi connectivity index (χ0v) is 14.1. The summed E-state index contributed by atoms with van der Waals surface area (Å²) >= 11 is 0. The van der Waals surface area contributed by atoms with Crippen LogP contribution in [0.1, 0.15) is 20.8 Å². The minimum atomic E-state index is -0.813. The Balaban J connectivity index is 2.47. The van der Waals surface area contributed by atoms with Crippen molar-refractivity contribution < 1.29 is 23.7 Å². The van der Waals surface area contributed by atoms with E-state index in [1.54, 1.807) is 6.07 Å². The first-order chi connectivity index (χ1) is 11.3. The van der Waals surface area contributed by atoms with E-state index >= 15 is 0 Å². The molecule has 0 heterocycles. The zero-order chi connectivity index (χ0) is 18.1. The molecule has 0 aliphatic rings. The van der Waals surface area contributed by atoms with Crippen LogP contribution in [0.2, 0.25) is 0 Å². The summed E-state index contributed by atoms with van der Waals surface area (Å²) in [6.45, 7) is 6.19. The predicted octanol–water partition coefficient (Wildman–Crippen LogP) is -0.0968. The van der Waals surface area contributed by atoms with Crippen molar-refractivity contribution in [2.75, 3.05) is 25.0 Å². The van der Waals surface area contributed by atoms with Gasteiger partial charge in [0.2, 0.25) is 0 Å². The topological polar surface area (TPSA) is 91.7 Å². The van der Waals surface area contributed by atoms with Crippen LogP contribution in [0, 0.1) is 5.82 Å². The smallest absolute Gasteiger partial charge is 0.326 e. The maximum Gasteiger partial charge on any atom is 0.326 e. The summed E-state index contributed by atoms with van der Waals surface area (Å²) in [6.07, 6.45) is 0. The average Bonchev–Trinajstić information content (AvgIpc) is 2.47. The summed E-state index contributed by atoms with van der Waals surface area (Å²) in [4.78, 5) is 36.0. The summed E-state index contributed by atoms with van der Waals surface area (Å²) in [6, 6.07) is 4.86. The number of rotatable bonds is 7. The first-order valence-electron chi connectivity index (χ1n) is 7.80. The number of amides is 4. The number of carbonyl (C=O) groups excluding carboxylic acids is 3. The highest BCUT2D eigenvalue weighted by Crippen LogP contribution is 2.11. The van der Waals surface area contributed by atoms with Crippen molar-refractivity contribution in [1.82, 2.24) is 10.6 Å². The van der Waals surface area contributed by atoms with Gasteiger partial charge in [0.25, 0.3) is 11.8 Å². The van der Waals surface area contributed by atoms with Crippen LogP contribution in [0.4, 0.5) is 14.9 Å². The lowest BCUT2D eigenvalue weighted by molar-refractivity contribution is -0.881. The Kier molecular flexibility index (Phi) is 7.84. The second-order valence-electron chi connectivity index (χ2n) is 5.66. The van der Waals surface area contributed by atoms with Crippen molar-refractivity contribution in [3.63, 3.8) is 0 Å². The van der Waals surface area contributed by atoms with E-state index in [-0.39, 0.29) is 30.7 Å². The molecular weight excluding hydrogens is 315 g/mol. The lowest BCUT2D eigenvalue weighted by Crippen LogP contribution is -3.14. The number of hydrogen-bond donors (Lipinski definition) is 4. The number of likely N-dealkylation sites (N-methyl/N-ethyl adjacent to an activating group) is 1. The van der Waals surface area contributed by atoms with Gasteiger partial charge in [-0.2, -0.15) is 0 Å². The minimum Gasteiger partial charge on any atom is -0.349 e. The van der Waals surface area contributed by atoms with E-state index in [0.717, 1.165) is 0 Å². The molecule has 4 amide bonds. The van der Waals surface area contributed by atoms with Crippen molar-refractivity contribution >= 4 is 23.5 Å². The Morgan fingerprint density at radius 3 is 2.33 bits per heavy atom. The van der Waals surface area contributed by atoms with Gasteiger partial charge < -0.3 is 15.5 Å². The fourth-order valence-electron chi connectivity index (χ4n) is 2.03. The number of carbonyl (C=O) groups is 3. The average molecular weight is 339 g/mol. The molecule has 8 heteroatoms. The maximum atomic E-state index is 13.4. The predicted molar refractivity (Wildman–Crippen MR) is 88.1 cm³/mol. The Labute approximate surface area is 140 Å². The number of quaternary nitrogens is 1. The maximum absolute atomic E-state index is 13.4. The molecule has 1 aromatic rings. The fourth-order valence-corrected chi connectivity index (χ4v) is 2.03. The van der Waals surface area contributed by atoms with Gasteiger partial charge in [-0.15, -0.1) is 0 Å². The van der Waals surface area contributed by atoms with Gasteiger partial charge in [0.1, 0.15) is 5.82 Å². The van der Waals surface area contributed by atoms with Crippen LogP contribution in [0.15, 0.2) is 24.3 Å².